The molecule has 18 heteroatoms. The molecule has 1 unspecified atom stereocenters. The minimum absolute atomic E-state index is 0.124. The summed E-state index contributed by atoms with van der Waals surface area (Å²) in [5, 5.41) is 28.9. The molecule has 2 aromatic heterocycles. The van der Waals surface area contributed by atoms with Gasteiger partial charge in [-0.25, -0.2) is 4.79 Å². The Morgan fingerprint density at radius 3 is 2.33 bits per heavy atom. The van der Waals surface area contributed by atoms with Crippen LogP contribution in [0, 0.1) is 20.2 Å². The highest BCUT2D eigenvalue weighted by molar-refractivity contribution is 6.67. The van der Waals surface area contributed by atoms with Crippen LogP contribution >= 0.6 is 34.8 Å². The normalized spacial score (nSPS) is 22.9. The summed E-state index contributed by atoms with van der Waals surface area (Å²) in [6.45, 7) is 1.42. The number of carbonyl (C=O) groups excluding carboxylic acids is 2. The Balaban J connectivity index is 1.52. The number of halogens is 3. The number of nitrogens with one attached hydrogen (secondary N) is 1. The number of likely N-dealkylation sites (N-methyl/N-ethyl adjacent to an activating group) is 1. The van der Waals surface area contributed by atoms with E-state index in [0.717, 1.165) is 0 Å². The van der Waals surface area contributed by atoms with Crippen molar-refractivity contribution in [1.82, 2.24) is 19.4 Å². The maximum Gasteiger partial charge on any atom is 0.409 e. The number of benzene rings is 3. The number of methoxy groups -OCH3 is 1. The number of carbonyl (C=O) groups is 2. The van der Waals surface area contributed by atoms with E-state index in [1.165, 1.54) is 43.3 Å². The predicted octanol–water partition coefficient (Wildman–Crippen LogP) is 6.39. The molecule has 49 heavy (non-hydrogen) atoms. The van der Waals surface area contributed by atoms with Crippen molar-refractivity contribution < 1.29 is 33.6 Å². The Kier molecular flexibility index (Phi) is 6.85. The first-order chi connectivity index (χ1) is 23.2. The highest BCUT2D eigenvalue weighted by Crippen LogP contribution is 2.54. The summed E-state index contributed by atoms with van der Waals surface area (Å²) in [7, 11) is 3.02. The molecule has 0 radical (unpaired) electrons. The maximum absolute atomic E-state index is 13.6. The zero-order valence-electron chi connectivity index (χ0n) is 25.9. The van der Waals surface area contributed by atoms with E-state index < -0.39 is 50.4 Å². The van der Waals surface area contributed by atoms with Crippen molar-refractivity contribution in [3.05, 3.63) is 67.8 Å². The minimum Gasteiger partial charge on any atom is -0.445 e. The van der Waals surface area contributed by atoms with E-state index in [9.17, 15) is 29.8 Å². The summed E-state index contributed by atoms with van der Waals surface area (Å²) in [5.41, 5.74) is 1.44. The monoisotopic (exact) mass is 730 g/mol. The van der Waals surface area contributed by atoms with Crippen LogP contribution in [0.2, 0.25) is 0 Å². The van der Waals surface area contributed by atoms with E-state index in [1.54, 1.807) is 12.1 Å². The molecule has 1 N–H and O–H groups in total. The number of hydrogen-bond acceptors (Lipinski definition) is 9. The SMILES string of the molecule is CO[C@@H]1[C@H](N(C)C(=O)OCC(Cl)(Cl)Cl)CC2O[C@]1(C)n1c3ccc([N+](=O)[O-])cc3c3c4c(c5c6cc([N+](=O)[O-])ccc6n2c5c31)C(=O)NC4. The Bertz CT molecular complexity index is 2350. The van der Waals surface area contributed by atoms with Gasteiger partial charge < -0.3 is 33.6 Å². The topological polar surface area (TPSA) is 173 Å². The average molecular weight is 732 g/mol. The first kappa shape index (κ1) is 31.8. The third kappa shape index (κ3) is 4.35. The molecule has 0 saturated carbocycles. The highest BCUT2D eigenvalue weighted by Gasteiger charge is 2.55. The van der Waals surface area contributed by atoms with Gasteiger partial charge in [-0.2, -0.15) is 0 Å². The number of aromatic nitrogens is 2. The molecule has 5 aromatic rings. The van der Waals surface area contributed by atoms with Crippen molar-refractivity contribution in [3.63, 3.8) is 0 Å². The molecule has 5 heterocycles. The van der Waals surface area contributed by atoms with E-state index >= 15 is 0 Å². The number of fused-ring (bicyclic) bond motifs is 13. The number of alkyl halides is 3. The van der Waals surface area contributed by atoms with E-state index in [2.05, 4.69) is 5.32 Å². The summed E-state index contributed by atoms with van der Waals surface area (Å²) in [4.78, 5) is 51.4. The number of amides is 2. The molecule has 1 saturated heterocycles. The standard InChI is InChI=1S/C31H25Cl3N6O9/c1-30-27(47-3)20(36(2)29(42)48-12-31(32,33)34)10-21(49-30)37-18-6-4-13(39(43)44)8-15(18)23-24-17(11-35-28(24)41)22-16-9-14(40(45)46)5-7-19(16)38(30)26(22)25(23)37/h4-9,20-21,27H,10-12H2,1-3H3,(H,35,41)/t20-,21?,27-,30+/m1/s1. The van der Waals surface area contributed by atoms with Gasteiger partial charge in [0.25, 0.3) is 17.3 Å². The Labute approximate surface area is 290 Å². The van der Waals surface area contributed by atoms with E-state index in [4.69, 9.17) is 49.0 Å². The van der Waals surface area contributed by atoms with Gasteiger partial charge in [-0.05, 0) is 24.6 Å². The summed E-state index contributed by atoms with van der Waals surface area (Å²) in [6, 6.07) is 8.17. The third-order valence-corrected chi connectivity index (χ3v) is 10.2. The molecule has 15 nitrogen and oxygen atoms in total. The molecule has 2 amide bonds. The summed E-state index contributed by atoms with van der Waals surface area (Å²) in [5.74, 6) is -0.378. The highest BCUT2D eigenvalue weighted by atomic mass is 35.6. The molecule has 1 fully saturated rings. The first-order valence-corrected chi connectivity index (χ1v) is 16.1. The lowest BCUT2D eigenvalue weighted by Crippen LogP contribution is -2.61. The number of nitrogens with zero attached hydrogens (tertiary/aromatic N) is 5. The molecule has 3 aromatic carbocycles. The summed E-state index contributed by atoms with van der Waals surface area (Å²) >= 11 is 17.6. The average Bonchev–Trinajstić information content (AvgIpc) is 3.69. The summed E-state index contributed by atoms with van der Waals surface area (Å²) in [6.07, 6.45) is -2.30. The van der Waals surface area contributed by atoms with Crippen molar-refractivity contribution >= 4 is 102 Å². The van der Waals surface area contributed by atoms with Gasteiger partial charge in [0.05, 0.1) is 43.5 Å². The van der Waals surface area contributed by atoms with Crippen LogP contribution < -0.4 is 5.32 Å². The number of hydrogen-bond donors (Lipinski definition) is 1. The van der Waals surface area contributed by atoms with Crippen LogP contribution in [0.4, 0.5) is 16.2 Å². The minimum atomic E-state index is -1.85. The second kappa shape index (κ2) is 10.5. The molecular formula is C31H25Cl3N6O9. The number of non-ortho nitro benzene ring substituents is 2. The van der Waals surface area contributed by atoms with Crippen molar-refractivity contribution in [3.8, 4) is 0 Å². The van der Waals surface area contributed by atoms with Crippen LogP contribution in [0.1, 0.15) is 35.5 Å². The Morgan fingerprint density at radius 1 is 1.08 bits per heavy atom. The largest absolute Gasteiger partial charge is 0.445 e. The number of rotatable bonds is 5. The molecule has 254 valence electrons. The molecular weight excluding hydrogens is 707 g/mol. The maximum atomic E-state index is 13.6. The molecule has 0 spiro atoms. The Morgan fingerprint density at radius 2 is 1.71 bits per heavy atom. The fourth-order valence-corrected chi connectivity index (χ4v) is 8.24. The fraction of sp³-hybridized carbons (Fsp3) is 0.355. The lowest BCUT2D eigenvalue weighted by Gasteiger charge is -2.50. The van der Waals surface area contributed by atoms with Crippen molar-refractivity contribution in [2.45, 2.75) is 47.8 Å². The van der Waals surface area contributed by atoms with Crippen LogP contribution in [0.25, 0.3) is 43.6 Å². The predicted molar refractivity (Wildman–Crippen MR) is 179 cm³/mol. The van der Waals surface area contributed by atoms with Crippen LogP contribution in [-0.2, 0) is 26.5 Å². The molecule has 0 aliphatic carbocycles. The zero-order chi connectivity index (χ0) is 34.9. The van der Waals surface area contributed by atoms with Crippen LogP contribution in [0.5, 0.6) is 0 Å². The van der Waals surface area contributed by atoms with Crippen molar-refractivity contribution in [2.24, 2.45) is 0 Å². The molecule has 2 bridgehead atoms. The van der Waals surface area contributed by atoms with Gasteiger partial charge >= 0.3 is 6.09 Å². The summed E-state index contributed by atoms with van der Waals surface area (Å²) < 4.78 is 20.4. The third-order valence-electron chi connectivity index (χ3n) is 9.92. The van der Waals surface area contributed by atoms with Crippen molar-refractivity contribution in [1.29, 1.82) is 0 Å². The molecule has 8 rings (SSSR count). The Hall–Kier alpha value is -4.41. The van der Waals surface area contributed by atoms with Gasteiger partial charge in [0.15, 0.2) is 5.72 Å². The lowest BCUT2D eigenvalue weighted by molar-refractivity contribution is -0.384. The lowest BCUT2D eigenvalue weighted by atomic mass is 9.92. The van der Waals surface area contributed by atoms with Crippen molar-refractivity contribution in [2.75, 3.05) is 20.8 Å². The van der Waals surface area contributed by atoms with Crippen LogP contribution in [0.15, 0.2) is 36.4 Å². The molecule has 3 aliphatic heterocycles. The quantitative estimate of drug-likeness (QED) is 0.122. The van der Waals surface area contributed by atoms with Gasteiger partial charge in [0.2, 0.25) is 3.79 Å². The first-order valence-electron chi connectivity index (χ1n) is 15.0. The van der Waals surface area contributed by atoms with E-state index in [-0.39, 0.29) is 30.2 Å². The van der Waals surface area contributed by atoms with E-state index in [0.29, 0.717) is 54.7 Å². The number of nitro benzene ring substituents is 2. The van der Waals surface area contributed by atoms with Crippen LogP contribution in [0.3, 0.4) is 0 Å². The number of ether oxygens (including phenoxy) is 3. The van der Waals surface area contributed by atoms with Gasteiger partial charge in [-0.15, -0.1) is 0 Å². The smallest absolute Gasteiger partial charge is 0.409 e. The second-order valence-electron chi connectivity index (χ2n) is 12.5. The number of nitro groups is 2. The van der Waals surface area contributed by atoms with Gasteiger partial charge in [0, 0.05) is 72.9 Å². The zero-order valence-corrected chi connectivity index (χ0v) is 28.1. The van der Waals surface area contributed by atoms with Gasteiger partial charge in [-0.3, -0.25) is 25.0 Å². The molecule has 3 aliphatic rings. The van der Waals surface area contributed by atoms with Crippen LogP contribution in [-0.4, -0.2) is 72.6 Å². The molecule has 4 atom stereocenters. The van der Waals surface area contributed by atoms with Gasteiger partial charge in [0.1, 0.15) is 18.9 Å². The second-order valence-corrected chi connectivity index (χ2v) is 15.0. The van der Waals surface area contributed by atoms with E-state index in [1.807, 2.05) is 16.1 Å². The fourth-order valence-electron chi connectivity index (χ4n) is 8.08. The van der Waals surface area contributed by atoms with Gasteiger partial charge in [-0.1, -0.05) is 34.8 Å².